The lowest BCUT2D eigenvalue weighted by atomic mass is 9.92. The third-order valence-corrected chi connectivity index (χ3v) is 4.90. The molecule has 0 aliphatic rings. The topological polar surface area (TPSA) is 50.4 Å². The molecule has 0 saturated heterocycles. The molecule has 0 unspecified atom stereocenters. The molecule has 2 rings (SSSR count). The predicted octanol–water partition coefficient (Wildman–Crippen LogP) is 5.43. The van der Waals surface area contributed by atoms with Gasteiger partial charge in [-0.1, -0.05) is 49.2 Å². The quantitative estimate of drug-likeness (QED) is 0.514. The van der Waals surface area contributed by atoms with Crippen LogP contribution in [0, 0.1) is 19.8 Å². The van der Waals surface area contributed by atoms with Crippen LogP contribution in [0.15, 0.2) is 36.4 Å². The fourth-order valence-electron chi connectivity index (χ4n) is 2.94. The van der Waals surface area contributed by atoms with Gasteiger partial charge in [0.1, 0.15) is 0 Å². The number of benzene rings is 2. The first-order valence-corrected chi connectivity index (χ1v) is 9.54. The van der Waals surface area contributed by atoms with Crippen molar-refractivity contribution >= 4 is 40.6 Å². The van der Waals surface area contributed by atoms with Crippen LogP contribution in [0.3, 0.4) is 0 Å². The fourth-order valence-corrected chi connectivity index (χ4v) is 3.35. The lowest BCUT2D eigenvalue weighted by molar-refractivity contribution is 0.0601. The Morgan fingerprint density at radius 3 is 2.44 bits per heavy atom. The molecule has 6 heteroatoms. The minimum Gasteiger partial charge on any atom is -0.465 e. The second-order valence-corrected chi connectivity index (χ2v) is 7.68. The van der Waals surface area contributed by atoms with Crippen LogP contribution < -0.4 is 10.6 Å². The highest BCUT2D eigenvalue weighted by atomic mass is 35.5. The summed E-state index contributed by atoms with van der Waals surface area (Å²) in [6.45, 7) is 8.47. The van der Waals surface area contributed by atoms with E-state index >= 15 is 0 Å². The van der Waals surface area contributed by atoms with Crippen molar-refractivity contribution in [3.63, 3.8) is 0 Å². The van der Waals surface area contributed by atoms with Crippen LogP contribution in [0.25, 0.3) is 0 Å². The molecule has 1 atom stereocenters. The number of hydrogen-bond donors (Lipinski definition) is 2. The Hall–Kier alpha value is -2.11. The number of hydrogen-bond acceptors (Lipinski definition) is 3. The lowest BCUT2D eigenvalue weighted by Gasteiger charge is -2.26. The molecule has 0 aliphatic carbocycles. The van der Waals surface area contributed by atoms with Crippen molar-refractivity contribution in [2.45, 2.75) is 33.7 Å². The number of thiocarbonyl (C=S) groups is 1. The standard InChI is InChI=1S/C21H25ClN2O2S/c1-12(2)19(16-8-6-13(3)10-14(16)4)24-21(27)23-18-11-15(20(25)26-5)7-9-17(18)22/h6-12,19H,1-5H3,(H2,23,24,27)/t19-/m0/s1. The summed E-state index contributed by atoms with van der Waals surface area (Å²) in [6, 6.07) is 11.3. The monoisotopic (exact) mass is 404 g/mol. The van der Waals surface area contributed by atoms with E-state index in [1.165, 1.54) is 23.8 Å². The van der Waals surface area contributed by atoms with E-state index in [1.54, 1.807) is 18.2 Å². The average molecular weight is 405 g/mol. The van der Waals surface area contributed by atoms with Crippen molar-refractivity contribution in [1.29, 1.82) is 0 Å². The number of carbonyl (C=O) groups excluding carboxylic acids is 1. The number of halogens is 1. The number of esters is 1. The van der Waals surface area contributed by atoms with E-state index in [9.17, 15) is 4.79 Å². The van der Waals surface area contributed by atoms with Gasteiger partial charge < -0.3 is 15.4 Å². The Balaban J connectivity index is 2.21. The van der Waals surface area contributed by atoms with Gasteiger partial charge in [-0.15, -0.1) is 0 Å². The molecule has 0 bridgehead atoms. The van der Waals surface area contributed by atoms with Gasteiger partial charge in [0.15, 0.2) is 5.11 Å². The van der Waals surface area contributed by atoms with E-state index in [2.05, 4.69) is 56.5 Å². The van der Waals surface area contributed by atoms with Gasteiger partial charge in [0.25, 0.3) is 0 Å². The summed E-state index contributed by atoms with van der Waals surface area (Å²) in [5.74, 6) is -0.105. The van der Waals surface area contributed by atoms with Gasteiger partial charge in [-0.25, -0.2) is 4.79 Å². The SMILES string of the molecule is COC(=O)c1ccc(Cl)c(NC(=S)N[C@H](c2ccc(C)cc2C)C(C)C)c1. The molecular formula is C21H25ClN2O2S. The zero-order chi connectivity index (χ0) is 20.1. The molecule has 0 aromatic heterocycles. The molecule has 2 aromatic carbocycles. The molecule has 2 aromatic rings. The maximum atomic E-state index is 11.7. The van der Waals surface area contributed by atoms with E-state index in [0.717, 1.165) is 0 Å². The first-order valence-electron chi connectivity index (χ1n) is 8.75. The van der Waals surface area contributed by atoms with Crippen LogP contribution in [-0.2, 0) is 4.74 Å². The zero-order valence-electron chi connectivity index (χ0n) is 16.2. The van der Waals surface area contributed by atoms with Crippen molar-refractivity contribution < 1.29 is 9.53 Å². The van der Waals surface area contributed by atoms with Gasteiger partial charge in [-0.05, 0) is 61.3 Å². The van der Waals surface area contributed by atoms with Gasteiger partial charge in [-0.2, -0.15) is 0 Å². The lowest BCUT2D eigenvalue weighted by Crippen LogP contribution is -2.35. The molecule has 0 amide bonds. The number of rotatable bonds is 5. The Morgan fingerprint density at radius 2 is 1.85 bits per heavy atom. The van der Waals surface area contributed by atoms with E-state index in [4.69, 9.17) is 28.6 Å². The summed E-state index contributed by atoms with van der Waals surface area (Å²) in [4.78, 5) is 11.7. The molecular weight excluding hydrogens is 380 g/mol. The van der Waals surface area contributed by atoms with Crippen molar-refractivity contribution in [1.82, 2.24) is 5.32 Å². The molecule has 0 radical (unpaired) electrons. The molecule has 0 fully saturated rings. The predicted molar refractivity (Wildman–Crippen MR) is 116 cm³/mol. The Bertz CT molecular complexity index is 852. The van der Waals surface area contributed by atoms with Gasteiger partial charge in [-0.3, -0.25) is 0 Å². The second kappa shape index (κ2) is 9.20. The zero-order valence-corrected chi connectivity index (χ0v) is 17.8. The first kappa shape index (κ1) is 21.2. The average Bonchev–Trinajstić information content (AvgIpc) is 2.61. The number of anilines is 1. The van der Waals surface area contributed by atoms with Crippen molar-refractivity contribution in [2.24, 2.45) is 5.92 Å². The summed E-state index contributed by atoms with van der Waals surface area (Å²) in [7, 11) is 1.34. The third-order valence-electron chi connectivity index (χ3n) is 4.35. The Kier molecular flexibility index (Phi) is 7.22. The van der Waals surface area contributed by atoms with Gasteiger partial charge in [0.2, 0.25) is 0 Å². The van der Waals surface area contributed by atoms with Crippen LogP contribution in [-0.4, -0.2) is 18.2 Å². The second-order valence-electron chi connectivity index (χ2n) is 6.87. The van der Waals surface area contributed by atoms with Crippen LogP contribution in [0.4, 0.5) is 5.69 Å². The van der Waals surface area contributed by atoms with Crippen molar-refractivity contribution in [3.05, 3.63) is 63.7 Å². The molecule has 2 N–H and O–H groups in total. The van der Waals surface area contributed by atoms with Crippen LogP contribution in [0.2, 0.25) is 5.02 Å². The molecule has 0 saturated carbocycles. The number of ether oxygens (including phenoxy) is 1. The highest BCUT2D eigenvalue weighted by molar-refractivity contribution is 7.80. The van der Waals surface area contributed by atoms with E-state index in [1.807, 2.05) is 0 Å². The largest absolute Gasteiger partial charge is 0.465 e. The molecule has 144 valence electrons. The molecule has 4 nitrogen and oxygen atoms in total. The first-order chi connectivity index (χ1) is 12.7. The number of nitrogens with one attached hydrogen (secondary N) is 2. The minimum absolute atomic E-state index is 0.0492. The van der Waals surface area contributed by atoms with Crippen LogP contribution in [0.1, 0.15) is 46.9 Å². The number of carbonyl (C=O) groups is 1. The fraction of sp³-hybridized carbons (Fsp3) is 0.333. The molecule has 0 spiro atoms. The number of methoxy groups -OCH3 is 1. The Labute approximate surface area is 171 Å². The maximum absolute atomic E-state index is 11.7. The van der Waals surface area contributed by atoms with Crippen molar-refractivity contribution in [2.75, 3.05) is 12.4 Å². The van der Waals surface area contributed by atoms with Gasteiger partial charge in [0, 0.05) is 0 Å². The van der Waals surface area contributed by atoms with Crippen LogP contribution >= 0.6 is 23.8 Å². The summed E-state index contributed by atoms with van der Waals surface area (Å²) >= 11 is 11.7. The Morgan fingerprint density at radius 1 is 1.15 bits per heavy atom. The maximum Gasteiger partial charge on any atom is 0.337 e. The summed E-state index contributed by atoms with van der Waals surface area (Å²) in [6.07, 6.45) is 0. The minimum atomic E-state index is -0.427. The molecule has 0 aliphatic heterocycles. The number of aryl methyl sites for hydroxylation is 2. The highest BCUT2D eigenvalue weighted by Gasteiger charge is 2.19. The van der Waals surface area contributed by atoms with Crippen molar-refractivity contribution in [3.8, 4) is 0 Å². The van der Waals surface area contributed by atoms with Gasteiger partial charge >= 0.3 is 5.97 Å². The third kappa shape index (κ3) is 5.44. The highest BCUT2D eigenvalue weighted by Crippen LogP contribution is 2.27. The van der Waals surface area contributed by atoms with E-state index in [-0.39, 0.29) is 6.04 Å². The van der Waals surface area contributed by atoms with Crippen LogP contribution in [0.5, 0.6) is 0 Å². The summed E-state index contributed by atoms with van der Waals surface area (Å²) < 4.78 is 4.75. The van der Waals surface area contributed by atoms with E-state index in [0.29, 0.717) is 27.3 Å². The summed E-state index contributed by atoms with van der Waals surface area (Å²) in [5.41, 5.74) is 4.61. The summed E-state index contributed by atoms with van der Waals surface area (Å²) in [5, 5.41) is 7.39. The normalized spacial score (nSPS) is 11.8. The van der Waals surface area contributed by atoms with Gasteiger partial charge in [0.05, 0.1) is 29.4 Å². The molecule has 27 heavy (non-hydrogen) atoms. The smallest absolute Gasteiger partial charge is 0.337 e. The van der Waals surface area contributed by atoms with E-state index < -0.39 is 5.97 Å². The molecule has 0 heterocycles.